The zero-order valence-corrected chi connectivity index (χ0v) is 15.6. The zero-order chi connectivity index (χ0) is 19.6. The van der Waals surface area contributed by atoms with E-state index in [9.17, 15) is 17.6 Å². The van der Waals surface area contributed by atoms with Crippen molar-refractivity contribution in [1.82, 2.24) is 0 Å². The molecular formula is C18H14FNO5S2. The summed E-state index contributed by atoms with van der Waals surface area (Å²) in [5.41, 5.74) is 0.801. The third-order valence-electron chi connectivity index (χ3n) is 3.67. The number of carbonyl (C=O) groups is 1. The number of halogens is 1. The number of methoxy groups -OCH3 is 1. The van der Waals surface area contributed by atoms with Crippen molar-refractivity contribution in [2.45, 2.75) is 4.21 Å². The van der Waals surface area contributed by atoms with Crippen molar-refractivity contribution in [2.75, 3.05) is 11.8 Å². The van der Waals surface area contributed by atoms with Gasteiger partial charge in [0.2, 0.25) is 0 Å². The highest BCUT2D eigenvalue weighted by molar-refractivity contribution is 7.94. The van der Waals surface area contributed by atoms with Crippen molar-refractivity contribution in [3.05, 3.63) is 66.0 Å². The van der Waals surface area contributed by atoms with Gasteiger partial charge in [0, 0.05) is 4.88 Å². The van der Waals surface area contributed by atoms with Crippen LogP contribution >= 0.6 is 11.3 Å². The second kappa shape index (κ2) is 7.37. The predicted molar refractivity (Wildman–Crippen MR) is 100 cm³/mol. The van der Waals surface area contributed by atoms with Gasteiger partial charge in [-0.05, 0) is 48.0 Å². The van der Waals surface area contributed by atoms with Crippen molar-refractivity contribution >= 4 is 33.0 Å². The van der Waals surface area contributed by atoms with Gasteiger partial charge in [0.25, 0.3) is 10.0 Å². The van der Waals surface area contributed by atoms with Crippen molar-refractivity contribution in [1.29, 1.82) is 0 Å². The van der Waals surface area contributed by atoms with Gasteiger partial charge in [0.05, 0.1) is 18.4 Å². The van der Waals surface area contributed by atoms with E-state index >= 15 is 0 Å². The van der Waals surface area contributed by atoms with Gasteiger partial charge in [-0.25, -0.2) is 17.6 Å². The number of anilines is 1. The summed E-state index contributed by atoms with van der Waals surface area (Å²) in [6, 6.07) is 12.7. The monoisotopic (exact) mass is 407 g/mol. The zero-order valence-electron chi connectivity index (χ0n) is 14.0. The van der Waals surface area contributed by atoms with E-state index in [1.807, 2.05) is 0 Å². The Bertz CT molecular complexity index is 1090. The van der Waals surface area contributed by atoms with Crippen LogP contribution in [0.25, 0.3) is 10.4 Å². The summed E-state index contributed by atoms with van der Waals surface area (Å²) in [6.45, 7) is 0. The minimum atomic E-state index is -3.91. The van der Waals surface area contributed by atoms with Crippen LogP contribution in [0.15, 0.2) is 58.8 Å². The van der Waals surface area contributed by atoms with E-state index in [-0.39, 0.29) is 27.0 Å². The fourth-order valence-corrected chi connectivity index (χ4v) is 4.72. The molecular weight excluding hydrogens is 393 g/mol. The highest BCUT2D eigenvalue weighted by Crippen LogP contribution is 2.33. The number of hydrogen-bond donors (Lipinski definition) is 2. The molecule has 0 atom stereocenters. The van der Waals surface area contributed by atoms with Gasteiger partial charge in [-0.1, -0.05) is 12.1 Å². The lowest BCUT2D eigenvalue weighted by Gasteiger charge is -2.11. The van der Waals surface area contributed by atoms with Crippen LogP contribution in [-0.4, -0.2) is 26.6 Å². The number of sulfonamides is 1. The summed E-state index contributed by atoms with van der Waals surface area (Å²) in [4.78, 5) is 11.7. The molecule has 1 aromatic heterocycles. The number of carboxylic acid groups (broad SMARTS) is 1. The topological polar surface area (TPSA) is 92.7 Å². The molecule has 0 fully saturated rings. The van der Waals surface area contributed by atoms with Crippen LogP contribution in [0.3, 0.4) is 0 Å². The van der Waals surface area contributed by atoms with Gasteiger partial charge in [0.15, 0.2) is 0 Å². The number of ether oxygens (including phenoxy) is 1. The molecule has 0 bridgehead atoms. The summed E-state index contributed by atoms with van der Waals surface area (Å²) in [5.74, 6) is -1.43. The quantitative estimate of drug-likeness (QED) is 0.643. The average Bonchev–Trinajstić information content (AvgIpc) is 3.13. The first kappa shape index (κ1) is 18.9. The highest BCUT2D eigenvalue weighted by Gasteiger charge is 2.20. The Morgan fingerprint density at radius 1 is 1.11 bits per heavy atom. The van der Waals surface area contributed by atoms with Crippen LogP contribution in [0.2, 0.25) is 0 Å². The molecule has 3 rings (SSSR count). The Morgan fingerprint density at radius 3 is 2.44 bits per heavy atom. The molecule has 0 saturated carbocycles. The van der Waals surface area contributed by atoms with Gasteiger partial charge in [-0.3, -0.25) is 4.72 Å². The standard InChI is InChI=1S/C18H14FNO5S2/c1-25-15-10-12(18(21)22)4-7-14(15)20-27(23,24)17-9-8-16(26-17)11-2-5-13(19)6-3-11/h2-10,20H,1H3,(H,21,22). The average molecular weight is 407 g/mol. The molecule has 0 saturated heterocycles. The Hall–Kier alpha value is -2.91. The summed E-state index contributed by atoms with van der Waals surface area (Å²) in [7, 11) is -2.59. The lowest BCUT2D eigenvalue weighted by molar-refractivity contribution is 0.0696. The Kier molecular flexibility index (Phi) is 5.15. The number of hydrogen-bond acceptors (Lipinski definition) is 5. The number of thiophene rings is 1. The van der Waals surface area contributed by atoms with Gasteiger partial charge in [0.1, 0.15) is 15.8 Å². The molecule has 0 radical (unpaired) electrons. The Morgan fingerprint density at radius 2 is 1.81 bits per heavy atom. The molecule has 2 N–H and O–H groups in total. The first-order valence-corrected chi connectivity index (χ1v) is 9.90. The molecule has 0 spiro atoms. The molecule has 0 aliphatic carbocycles. The van der Waals surface area contributed by atoms with E-state index in [4.69, 9.17) is 9.84 Å². The summed E-state index contributed by atoms with van der Waals surface area (Å²) < 4.78 is 45.9. The molecule has 3 aromatic rings. The minimum Gasteiger partial charge on any atom is -0.495 e. The van der Waals surface area contributed by atoms with Crippen LogP contribution < -0.4 is 9.46 Å². The number of benzene rings is 2. The molecule has 0 unspecified atom stereocenters. The maximum atomic E-state index is 13.0. The van der Waals surface area contributed by atoms with Crippen LogP contribution in [0.1, 0.15) is 10.4 Å². The van der Waals surface area contributed by atoms with Crippen molar-refractivity contribution in [2.24, 2.45) is 0 Å². The number of aromatic carboxylic acids is 1. The molecule has 140 valence electrons. The van der Waals surface area contributed by atoms with E-state index in [0.29, 0.717) is 10.4 Å². The number of rotatable bonds is 6. The number of carboxylic acids is 1. The third-order valence-corrected chi connectivity index (χ3v) is 6.66. The molecule has 1 heterocycles. The number of nitrogens with one attached hydrogen (secondary N) is 1. The van der Waals surface area contributed by atoms with E-state index in [2.05, 4.69) is 4.72 Å². The SMILES string of the molecule is COc1cc(C(=O)O)ccc1NS(=O)(=O)c1ccc(-c2ccc(F)cc2)s1. The summed E-state index contributed by atoms with van der Waals surface area (Å²) >= 11 is 1.03. The van der Waals surface area contributed by atoms with Crippen LogP contribution in [0.4, 0.5) is 10.1 Å². The minimum absolute atomic E-state index is 0.0236. The molecule has 9 heteroatoms. The Balaban J connectivity index is 1.89. The van der Waals surface area contributed by atoms with Crippen molar-refractivity contribution in [3.63, 3.8) is 0 Å². The second-order valence-corrected chi connectivity index (χ2v) is 8.44. The molecule has 0 aliphatic rings. The van der Waals surface area contributed by atoms with Gasteiger partial charge < -0.3 is 9.84 Å². The lowest BCUT2D eigenvalue weighted by Crippen LogP contribution is -2.12. The third kappa shape index (κ3) is 4.09. The normalized spacial score (nSPS) is 11.2. The van der Waals surface area contributed by atoms with E-state index in [0.717, 1.165) is 11.3 Å². The molecule has 0 aliphatic heterocycles. The van der Waals surface area contributed by atoms with Gasteiger partial charge in [-0.15, -0.1) is 11.3 Å². The lowest BCUT2D eigenvalue weighted by atomic mass is 10.2. The summed E-state index contributed by atoms with van der Waals surface area (Å²) in [5, 5.41) is 9.02. The van der Waals surface area contributed by atoms with Gasteiger partial charge in [-0.2, -0.15) is 0 Å². The van der Waals surface area contributed by atoms with E-state index < -0.39 is 16.0 Å². The molecule has 27 heavy (non-hydrogen) atoms. The molecule has 0 amide bonds. The van der Waals surface area contributed by atoms with Crippen LogP contribution in [0.5, 0.6) is 5.75 Å². The van der Waals surface area contributed by atoms with Crippen molar-refractivity contribution in [3.8, 4) is 16.2 Å². The van der Waals surface area contributed by atoms with Crippen molar-refractivity contribution < 1.29 is 27.4 Å². The smallest absolute Gasteiger partial charge is 0.335 e. The maximum absolute atomic E-state index is 13.0. The Labute approximate surface area is 158 Å². The van der Waals surface area contributed by atoms with Crippen LogP contribution in [-0.2, 0) is 10.0 Å². The fraction of sp³-hybridized carbons (Fsp3) is 0.0556. The largest absolute Gasteiger partial charge is 0.495 e. The van der Waals surface area contributed by atoms with E-state index in [1.54, 1.807) is 18.2 Å². The fourth-order valence-electron chi connectivity index (χ4n) is 2.34. The highest BCUT2D eigenvalue weighted by atomic mass is 32.2. The molecule has 2 aromatic carbocycles. The maximum Gasteiger partial charge on any atom is 0.335 e. The summed E-state index contributed by atoms with van der Waals surface area (Å²) in [6.07, 6.45) is 0. The first-order chi connectivity index (χ1) is 12.8. The molecule has 6 nitrogen and oxygen atoms in total. The van der Waals surface area contributed by atoms with Gasteiger partial charge >= 0.3 is 5.97 Å². The van der Waals surface area contributed by atoms with Crippen LogP contribution in [0, 0.1) is 5.82 Å². The second-order valence-electron chi connectivity index (χ2n) is 5.45. The van der Waals surface area contributed by atoms with E-state index in [1.165, 1.54) is 43.5 Å². The predicted octanol–water partition coefficient (Wildman–Crippen LogP) is 4.06. The first-order valence-electron chi connectivity index (χ1n) is 7.60.